The van der Waals surface area contributed by atoms with Crippen molar-refractivity contribution in [3.8, 4) is 11.4 Å². The molecule has 0 bridgehead atoms. The highest BCUT2D eigenvalue weighted by Crippen LogP contribution is 2.51. The first-order chi connectivity index (χ1) is 25.3. The molecule has 0 unspecified atom stereocenters. The third kappa shape index (κ3) is 4.38. The molecule has 0 spiro atoms. The van der Waals surface area contributed by atoms with Gasteiger partial charge in [-0.2, -0.15) is 0 Å². The molecule has 0 amide bonds. The van der Waals surface area contributed by atoms with E-state index in [1.54, 1.807) is 0 Å². The van der Waals surface area contributed by atoms with E-state index in [2.05, 4.69) is 192 Å². The molecule has 6 aromatic carbocycles. The Bertz CT molecular complexity index is 2780. The molecule has 3 heterocycles. The van der Waals surface area contributed by atoms with Crippen molar-refractivity contribution < 1.29 is 9.31 Å². The first-order valence-electron chi connectivity index (χ1n) is 19.0. The van der Waals surface area contributed by atoms with Crippen molar-refractivity contribution in [2.75, 3.05) is 0 Å². The summed E-state index contributed by atoms with van der Waals surface area (Å²) < 4.78 is 18.0. The fourth-order valence-electron chi connectivity index (χ4n) is 9.42. The molecule has 10 rings (SSSR count). The maximum atomic E-state index is 6.54. The minimum Gasteiger partial charge on any atom is -0.399 e. The molecular weight excluding hydrogens is 647 g/mol. The summed E-state index contributed by atoms with van der Waals surface area (Å²) in [7, 11) is -0.403. The Morgan fingerprint density at radius 1 is 0.415 bits per heavy atom. The number of para-hydroxylation sites is 3. The van der Waals surface area contributed by atoms with Crippen LogP contribution in [-0.4, -0.2) is 27.5 Å². The van der Waals surface area contributed by atoms with Crippen LogP contribution < -0.4 is 5.46 Å². The number of aromatic nitrogens is 2. The van der Waals surface area contributed by atoms with Gasteiger partial charge in [0.25, 0.3) is 0 Å². The average Bonchev–Trinajstić information content (AvgIpc) is 3.74. The van der Waals surface area contributed by atoms with Gasteiger partial charge in [0.2, 0.25) is 0 Å². The molecule has 262 valence electrons. The summed E-state index contributed by atoms with van der Waals surface area (Å²) in [5.74, 6) is 0. The molecule has 0 radical (unpaired) electrons. The van der Waals surface area contributed by atoms with Gasteiger partial charge < -0.3 is 18.4 Å². The third-order valence-electron chi connectivity index (χ3n) is 13.0. The minimum atomic E-state index is -0.403. The number of rotatable bonds is 3. The zero-order valence-electron chi connectivity index (χ0n) is 31.9. The lowest BCUT2D eigenvalue weighted by molar-refractivity contribution is 0.00578. The van der Waals surface area contributed by atoms with E-state index >= 15 is 0 Å². The highest BCUT2D eigenvalue weighted by Gasteiger charge is 2.52. The van der Waals surface area contributed by atoms with Crippen LogP contribution in [0.1, 0.15) is 77.6 Å². The maximum Gasteiger partial charge on any atom is 0.494 e. The van der Waals surface area contributed by atoms with Crippen molar-refractivity contribution in [1.82, 2.24) is 9.13 Å². The molecule has 4 nitrogen and oxygen atoms in total. The SMILES string of the molecule is CC1(C)c2ccc(B3OC(C)(C)C(C)(C)O3)cc2C(C)(C)c2cc(-n3c4ccccc4c4c5c6ccccc6n(-c6ccccc6)c5ccc43)ccc21. The van der Waals surface area contributed by atoms with Crippen molar-refractivity contribution in [2.45, 2.75) is 77.4 Å². The first kappa shape index (κ1) is 32.5. The van der Waals surface area contributed by atoms with Crippen LogP contribution in [0.25, 0.3) is 55.0 Å². The lowest BCUT2D eigenvalue weighted by Crippen LogP contribution is -2.41. The summed E-state index contributed by atoms with van der Waals surface area (Å²) in [5, 5.41) is 5.11. The third-order valence-corrected chi connectivity index (χ3v) is 13.0. The largest absolute Gasteiger partial charge is 0.494 e. The first-order valence-corrected chi connectivity index (χ1v) is 19.0. The lowest BCUT2D eigenvalue weighted by atomic mass is 9.58. The molecule has 1 aliphatic carbocycles. The van der Waals surface area contributed by atoms with E-state index in [1.165, 1.54) is 77.2 Å². The van der Waals surface area contributed by atoms with Gasteiger partial charge in [-0.25, -0.2) is 0 Å². The van der Waals surface area contributed by atoms with E-state index in [-0.39, 0.29) is 10.8 Å². The van der Waals surface area contributed by atoms with E-state index in [0.29, 0.717) is 0 Å². The normalized spacial score (nSPS) is 18.2. The van der Waals surface area contributed by atoms with E-state index < -0.39 is 18.3 Å². The fraction of sp³-hybridized carbons (Fsp3) is 0.250. The van der Waals surface area contributed by atoms with Crippen molar-refractivity contribution in [1.29, 1.82) is 0 Å². The Balaban J connectivity index is 1.19. The topological polar surface area (TPSA) is 28.3 Å². The highest BCUT2D eigenvalue weighted by atomic mass is 16.7. The average molecular weight is 693 g/mol. The predicted molar refractivity (Wildman–Crippen MR) is 222 cm³/mol. The second kappa shape index (κ2) is 10.7. The van der Waals surface area contributed by atoms with Gasteiger partial charge in [0, 0.05) is 43.7 Å². The smallest absolute Gasteiger partial charge is 0.399 e. The summed E-state index contributed by atoms with van der Waals surface area (Å²) in [5.41, 5.74) is 12.5. The van der Waals surface area contributed by atoms with Crippen LogP contribution in [0.4, 0.5) is 0 Å². The molecule has 2 aliphatic rings. The van der Waals surface area contributed by atoms with E-state index in [4.69, 9.17) is 9.31 Å². The Hall–Kier alpha value is -5.10. The van der Waals surface area contributed by atoms with Crippen LogP contribution >= 0.6 is 0 Å². The van der Waals surface area contributed by atoms with Crippen LogP contribution in [0.15, 0.2) is 127 Å². The Morgan fingerprint density at radius 3 is 1.47 bits per heavy atom. The van der Waals surface area contributed by atoms with Crippen LogP contribution in [0.5, 0.6) is 0 Å². The number of hydrogen-bond donors (Lipinski definition) is 0. The number of nitrogens with zero attached hydrogens (tertiary/aromatic N) is 2. The Morgan fingerprint density at radius 2 is 0.887 bits per heavy atom. The molecular formula is C48H45BN2O2. The molecule has 53 heavy (non-hydrogen) atoms. The maximum absolute atomic E-state index is 6.54. The fourth-order valence-corrected chi connectivity index (χ4v) is 9.42. The van der Waals surface area contributed by atoms with Crippen LogP contribution in [0.3, 0.4) is 0 Å². The summed E-state index contributed by atoms with van der Waals surface area (Å²) in [6, 6.07) is 47.2. The van der Waals surface area contributed by atoms with Crippen molar-refractivity contribution in [2.24, 2.45) is 0 Å². The Kier molecular flexibility index (Phi) is 6.60. The van der Waals surface area contributed by atoms with Gasteiger partial charge in [0.05, 0.1) is 33.3 Å². The van der Waals surface area contributed by atoms with Crippen molar-refractivity contribution >= 4 is 56.2 Å². The van der Waals surface area contributed by atoms with Crippen LogP contribution in [0, 0.1) is 0 Å². The molecule has 0 atom stereocenters. The second-order valence-corrected chi connectivity index (χ2v) is 17.3. The van der Waals surface area contributed by atoms with E-state index in [9.17, 15) is 0 Å². The predicted octanol–water partition coefficient (Wildman–Crippen LogP) is 11.1. The van der Waals surface area contributed by atoms with Crippen molar-refractivity contribution in [3.05, 3.63) is 150 Å². The quantitative estimate of drug-likeness (QED) is 0.172. The van der Waals surface area contributed by atoms with Gasteiger partial charge in [-0.15, -0.1) is 0 Å². The highest BCUT2D eigenvalue weighted by molar-refractivity contribution is 6.62. The van der Waals surface area contributed by atoms with Crippen molar-refractivity contribution in [3.63, 3.8) is 0 Å². The van der Waals surface area contributed by atoms with Gasteiger partial charge in [-0.1, -0.05) is 107 Å². The van der Waals surface area contributed by atoms with Crippen LogP contribution in [-0.2, 0) is 20.1 Å². The molecule has 1 fully saturated rings. The van der Waals surface area contributed by atoms with E-state index in [0.717, 1.165) is 5.46 Å². The summed E-state index contributed by atoms with van der Waals surface area (Å²) in [6.07, 6.45) is 0. The molecule has 1 aliphatic heterocycles. The Labute approximate surface area is 312 Å². The zero-order valence-corrected chi connectivity index (χ0v) is 31.9. The molecule has 0 saturated carbocycles. The molecule has 5 heteroatoms. The van der Waals surface area contributed by atoms with Gasteiger partial charge >= 0.3 is 7.12 Å². The van der Waals surface area contributed by atoms with Gasteiger partial charge in [-0.3, -0.25) is 0 Å². The van der Waals surface area contributed by atoms with Crippen LogP contribution in [0.2, 0.25) is 0 Å². The lowest BCUT2D eigenvalue weighted by Gasteiger charge is -2.44. The zero-order chi connectivity index (χ0) is 36.7. The molecule has 8 aromatic rings. The molecule has 2 aromatic heterocycles. The summed E-state index contributed by atoms with van der Waals surface area (Å²) in [6.45, 7) is 18.0. The van der Waals surface area contributed by atoms with Gasteiger partial charge in [0.1, 0.15) is 0 Å². The number of benzene rings is 6. The molecule has 1 saturated heterocycles. The standard InChI is InChI=1S/C48H45BN2O2/c1-45(2)35-24-22-30(49-52-47(5,6)48(7,8)53-49)28-37(35)46(3,4)38-29-32(23-25-36(38)45)51-40-21-15-13-19-34(40)44-42(51)27-26-41-43(44)33-18-12-14-20-39(33)50(41)31-16-10-9-11-17-31/h9-29H,1-8H3. The number of fused-ring (bicyclic) bond motifs is 9. The monoisotopic (exact) mass is 692 g/mol. The second-order valence-electron chi connectivity index (χ2n) is 17.3. The number of hydrogen-bond acceptors (Lipinski definition) is 2. The molecule has 0 N–H and O–H groups in total. The summed E-state index contributed by atoms with van der Waals surface area (Å²) in [4.78, 5) is 0. The van der Waals surface area contributed by atoms with E-state index in [1.807, 2.05) is 0 Å². The minimum absolute atomic E-state index is 0.181. The summed E-state index contributed by atoms with van der Waals surface area (Å²) >= 11 is 0. The van der Waals surface area contributed by atoms with Gasteiger partial charge in [0.15, 0.2) is 0 Å². The van der Waals surface area contributed by atoms with Gasteiger partial charge in [-0.05, 0) is 104 Å².